The summed E-state index contributed by atoms with van der Waals surface area (Å²) in [6.07, 6.45) is 2.90. The van der Waals surface area contributed by atoms with Crippen LogP contribution >= 0.6 is 0 Å². The van der Waals surface area contributed by atoms with Gasteiger partial charge in [-0.3, -0.25) is 0 Å². The van der Waals surface area contributed by atoms with Gasteiger partial charge in [0.15, 0.2) is 0 Å². The lowest BCUT2D eigenvalue weighted by atomic mass is 10.2. The Bertz CT molecular complexity index is 392. The summed E-state index contributed by atoms with van der Waals surface area (Å²) in [6, 6.07) is 8.05. The van der Waals surface area contributed by atoms with E-state index in [1.165, 1.54) is 0 Å². The Morgan fingerprint density at radius 1 is 1.31 bits per heavy atom. The van der Waals surface area contributed by atoms with E-state index in [0.29, 0.717) is 0 Å². The fraction of sp³-hybridized carbons (Fsp3) is 0.273. The lowest BCUT2D eigenvalue weighted by Gasteiger charge is -1.99. The minimum atomic E-state index is 0.945. The Morgan fingerprint density at radius 2 is 2.15 bits per heavy atom. The Balaban J connectivity index is 2.35. The van der Waals surface area contributed by atoms with Crippen LogP contribution in [0.25, 0.3) is 11.0 Å². The Hall–Kier alpha value is -1.44. The fourth-order valence-electron chi connectivity index (χ4n) is 1.37. The number of benzene rings is 1. The van der Waals surface area contributed by atoms with Crippen LogP contribution in [-0.4, -0.2) is 6.54 Å². The highest BCUT2D eigenvalue weighted by Gasteiger charge is 2.02. The average molecular weight is 175 g/mol. The zero-order valence-corrected chi connectivity index (χ0v) is 7.71. The van der Waals surface area contributed by atoms with Crippen LogP contribution in [0.15, 0.2) is 34.9 Å². The fourth-order valence-corrected chi connectivity index (χ4v) is 1.37. The molecule has 0 radical (unpaired) electrons. The van der Waals surface area contributed by atoms with Gasteiger partial charge in [-0.05, 0) is 18.6 Å². The van der Waals surface area contributed by atoms with E-state index in [4.69, 9.17) is 4.42 Å². The highest BCUT2D eigenvalue weighted by molar-refractivity contribution is 5.90. The van der Waals surface area contributed by atoms with Crippen LogP contribution < -0.4 is 5.32 Å². The number of rotatable bonds is 3. The van der Waals surface area contributed by atoms with Crippen molar-refractivity contribution in [3.8, 4) is 0 Å². The van der Waals surface area contributed by atoms with Gasteiger partial charge in [0.2, 0.25) is 0 Å². The molecule has 2 nitrogen and oxygen atoms in total. The van der Waals surface area contributed by atoms with E-state index >= 15 is 0 Å². The summed E-state index contributed by atoms with van der Waals surface area (Å²) in [4.78, 5) is 0. The van der Waals surface area contributed by atoms with E-state index in [1.807, 2.05) is 18.2 Å². The largest absolute Gasteiger partial charge is 0.462 e. The van der Waals surface area contributed by atoms with E-state index in [9.17, 15) is 0 Å². The number of nitrogens with one attached hydrogen (secondary N) is 1. The van der Waals surface area contributed by atoms with E-state index < -0.39 is 0 Å². The molecule has 0 amide bonds. The molecule has 1 aromatic carbocycles. The molecule has 0 unspecified atom stereocenters. The first-order valence-electron chi connectivity index (χ1n) is 4.62. The van der Waals surface area contributed by atoms with Crippen LogP contribution in [0, 0.1) is 0 Å². The summed E-state index contributed by atoms with van der Waals surface area (Å²) in [6.45, 7) is 3.14. The molecular weight excluding hydrogens is 162 g/mol. The maximum atomic E-state index is 5.38. The lowest BCUT2D eigenvalue weighted by molar-refractivity contribution is 0.616. The molecule has 0 atom stereocenters. The Kier molecular flexibility index (Phi) is 2.21. The number of fused-ring (bicyclic) bond motifs is 1. The smallest absolute Gasteiger partial charge is 0.136 e. The molecule has 2 aromatic rings. The van der Waals surface area contributed by atoms with E-state index in [1.54, 1.807) is 6.26 Å². The molecule has 2 heteroatoms. The molecule has 0 spiro atoms. The minimum Gasteiger partial charge on any atom is -0.462 e. The Labute approximate surface area is 77.6 Å². The second-order valence-corrected chi connectivity index (χ2v) is 3.07. The normalized spacial score (nSPS) is 10.5. The van der Waals surface area contributed by atoms with Crippen LogP contribution in [0.5, 0.6) is 0 Å². The maximum absolute atomic E-state index is 5.38. The van der Waals surface area contributed by atoms with E-state index in [0.717, 1.165) is 29.6 Å². The lowest BCUT2D eigenvalue weighted by Crippen LogP contribution is -1.97. The molecule has 0 fully saturated rings. The summed E-state index contributed by atoms with van der Waals surface area (Å²) in [7, 11) is 0. The van der Waals surface area contributed by atoms with Crippen molar-refractivity contribution >= 4 is 16.7 Å². The van der Waals surface area contributed by atoms with Gasteiger partial charge in [0.1, 0.15) is 11.8 Å². The predicted molar refractivity (Wildman–Crippen MR) is 55.0 cm³/mol. The second-order valence-electron chi connectivity index (χ2n) is 3.07. The zero-order valence-electron chi connectivity index (χ0n) is 7.71. The van der Waals surface area contributed by atoms with Crippen LogP contribution in [0.2, 0.25) is 0 Å². The van der Waals surface area contributed by atoms with Gasteiger partial charge in [0.05, 0.1) is 5.69 Å². The molecule has 1 N–H and O–H groups in total. The molecular formula is C11H13NO. The zero-order chi connectivity index (χ0) is 9.10. The first-order chi connectivity index (χ1) is 6.42. The number of hydrogen-bond acceptors (Lipinski definition) is 2. The van der Waals surface area contributed by atoms with Gasteiger partial charge in [-0.15, -0.1) is 0 Å². The number of para-hydroxylation sites is 1. The molecule has 13 heavy (non-hydrogen) atoms. The van der Waals surface area contributed by atoms with Crippen LogP contribution in [0.3, 0.4) is 0 Å². The molecule has 0 saturated carbocycles. The average Bonchev–Trinajstić information content (AvgIpc) is 2.58. The Morgan fingerprint density at radius 3 is 3.00 bits per heavy atom. The maximum Gasteiger partial charge on any atom is 0.136 e. The van der Waals surface area contributed by atoms with Gasteiger partial charge in [0.25, 0.3) is 0 Å². The van der Waals surface area contributed by atoms with Crippen LogP contribution in [0.1, 0.15) is 13.3 Å². The van der Waals surface area contributed by atoms with Gasteiger partial charge < -0.3 is 9.73 Å². The first kappa shape index (κ1) is 8.17. The third-order valence-electron chi connectivity index (χ3n) is 2.05. The van der Waals surface area contributed by atoms with Gasteiger partial charge in [-0.1, -0.05) is 19.1 Å². The third kappa shape index (κ3) is 1.52. The SMILES string of the molecule is CCCNc1coc2ccccc12. The molecule has 68 valence electrons. The van der Waals surface area contributed by atoms with Gasteiger partial charge >= 0.3 is 0 Å². The highest BCUT2D eigenvalue weighted by atomic mass is 16.3. The van der Waals surface area contributed by atoms with E-state index in [-0.39, 0.29) is 0 Å². The molecule has 0 aliphatic carbocycles. The second kappa shape index (κ2) is 3.52. The van der Waals surface area contributed by atoms with Crippen molar-refractivity contribution in [1.82, 2.24) is 0 Å². The third-order valence-corrected chi connectivity index (χ3v) is 2.05. The number of anilines is 1. The summed E-state index contributed by atoms with van der Waals surface area (Å²) in [5.74, 6) is 0. The molecule has 1 aromatic heterocycles. The molecule has 0 aliphatic heterocycles. The van der Waals surface area contributed by atoms with Crippen molar-refractivity contribution in [3.63, 3.8) is 0 Å². The van der Waals surface area contributed by atoms with Gasteiger partial charge in [-0.25, -0.2) is 0 Å². The summed E-state index contributed by atoms with van der Waals surface area (Å²) >= 11 is 0. The minimum absolute atomic E-state index is 0.945. The monoisotopic (exact) mass is 175 g/mol. The van der Waals surface area contributed by atoms with Gasteiger partial charge in [0, 0.05) is 11.9 Å². The van der Waals surface area contributed by atoms with Crippen LogP contribution in [-0.2, 0) is 0 Å². The molecule has 2 rings (SSSR count). The first-order valence-corrected chi connectivity index (χ1v) is 4.62. The van der Waals surface area contributed by atoms with Crippen molar-refractivity contribution in [1.29, 1.82) is 0 Å². The highest BCUT2D eigenvalue weighted by Crippen LogP contribution is 2.24. The quantitative estimate of drug-likeness (QED) is 0.774. The van der Waals surface area contributed by atoms with Crippen molar-refractivity contribution in [2.45, 2.75) is 13.3 Å². The molecule has 0 aliphatic rings. The standard InChI is InChI=1S/C11H13NO/c1-2-7-12-10-8-13-11-6-4-3-5-9(10)11/h3-6,8,12H,2,7H2,1H3. The van der Waals surface area contributed by atoms with Crippen molar-refractivity contribution in [2.24, 2.45) is 0 Å². The van der Waals surface area contributed by atoms with Crippen molar-refractivity contribution in [2.75, 3.05) is 11.9 Å². The van der Waals surface area contributed by atoms with E-state index in [2.05, 4.69) is 18.3 Å². The topological polar surface area (TPSA) is 25.2 Å². The van der Waals surface area contributed by atoms with Crippen LogP contribution in [0.4, 0.5) is 5.69 Å². The molecule has 0 bridgehead atoms. The summed E-state index contributed by atoms with van der Waals surface area (Å²) in [5, 5.41) is 4.49. The molecule has 0 saturated heterocycles. The number of hydrogen-bond donors (Lipinski definition) is 1. The van der Waals surface area contributed by atoms with Gasteiger partial charge in [-0.2, -0.15) is 0 Å². The predicted octanol–water partition coefficient (Wildman–Crippen LogP) is 3.25. The number of furan rings is 1. The van der Waals surface area contributed by atoms with Crippen molar-refractivity contribution in [3.05, 3.63) is 30.5 Å². The summed E-state index contributed by atoms with van der Waals surface area (Å²) < 4.78 is 5.38. The molecule has 1 heterocycles. The summed E-state index contributed by atoms with van der Waals surface area (Å²) in [5.41, 5.74) is 2.04. The van der Waals surface area contributed by atoms with Crippen molar-refractivity contribution < 1.29 is 4.42 Å².